The van der Waals surface area contributed by atoms with Crippen molar-refractivity contribution in [1.29, 1.82) is 0 Å². The van der Waals surface area contributed by atoms with Gasteiger partial charge in [-0.3, -0.25) is 4.79 Å². The van der Waals surface area contributed by atoms with Gasteiger partial charge in [0.2, 0.25) is 5.91 Å². The zero-order chi connectivity index (χ0) is 12.7. The van der Waals surface area contributed by atoms with E-state index in [1.165, 1.54) is 5.56 Å². The van der Waals surface area contributed by atoms with Crippen LogP contribution in [0.4, 0.5) is 0 Å². The first-order valence-corrected chi connectivity index (χ1v) is 7.03. The molecule has 94 valence electrons. The highest BCUT2D eigenvalue weighted by Gasteiger charge is 2.14. The number of carbonyl (C=O) groups excluding carboxylic acids is 1. The molecule has 1 rings (SSSR count). The molecule has 1 amide bonds. The lowest BCUT2D eigenvalue weighted by Gasteiger charge is -2.15. The summed E-state index contributed by atoms with van der Waals surface area (Å²) in [5.74, 6) is 0.0908. The number of nitrogens with one attached hydrogen (secondary N) is 1. The van der Waals surface area contributed by atoms with Crippen LogP contribution in [0, 0.1) is 0 Å². The molecular formula is C14H20BrNO. The zero-order valence-electron chi connectivity index (χ0n) is 10.4. The normalized spacial score (nSPS) is 14.1. The number of halogens is 1. The summed E-state index contributed by atoms with van der Waals surface area (Å²) in [6.45, 7) is 4.05. The molecule has 0 saturated carbocycles. The van der Waals surface area contributed by atoms with Crippen LogP contribution < -0.4 is 5.32 Å². The van der Waals surface area contributed by atoms with Gasteiger partial charge in [-0.1, -0.05) is 53.2 Å². The van der Waals surface area contributed by atoms with Gasteiger partial charge in [0.05, 0.1) is 4.83 Å². The van der Waals surface area contributed by atoms with Gasteiger partial charge in [-0.15, -0.1) is 0 Å². The highest BCUT2D eigenvalue weighted by Crippen LogP contribution is 2.07. The Morgan fingerprint density at radius 3 is 2.59 bits per heavy atom. The van der Waals surface area contributed by atoms with Gasteiger partial charge in [0, 0.05) is 6.04 Å². The smallest absolute Gasteiger partial charge is 0.233 e. The highest BCUT2D eigenvalue weighted by molar-refractivity contribution is 9.10. The quantitative estimate of drug-likeness (QED) is 0.802. The molecule has 0 aliphatic heterocycles. The minimum Gasteiger partial charge on any atom is -0.353 e. The van der Waals surface area contributed by atoms with Gasteiger partial charge in [-0.05, 0) is 31.7 Å². The molecule has 2 atom stereocenters. The number of amides is 1. The number of alkyl halides is 1. The number of aryl methyl sites for hydroxylation is 1. The third-order valence-corrected chi connectivity index (χ3v) is 3.80. The second-order valence-electron chi connectivity index (χ2n) is 4.31. The number of carbonyl (C=O) groups is 1. The molecule has 0 radical (unpaired) electrons. The number of benzene rings is 1. The molecule has 1 aromatic carbocycles. The lowest BCUT2D eigenvalue weighted by Crippen LogP contribution is -2.37. The summed E-state index contributed by atoms with van der Waals surface area (Å²) in [5, 5.41) is 3.02. The van der Waals surface area contributed by atoms with E-state index in [0.717, 1.165) is 19.3 Å². The highest BCUT2D eigenvalue weighted by atomic mass is 79.9. The molecule has 1 aromatic rings. The van der Waals surface area contributed by atoms with Crippen LogP contribution in [-0.4, -0.2) is 16.8 Å². The Bertz CT molecular complexity index is 339. The van der Waals surface area contributed by atoms with E-state index in [4.69, 9.17) is 0 Å². The van der Waals surface area contributed by atoms with Crippen LogP contribution in [0.25, 0.3) is 0 Å². The first-order valence-electron chi connectivity index (χ1n) is 6.11. The molecule has 0 fully saturated rings. The van der Waals surface area contributed by atoms with Gasteiger partial charge in [-0.25, -0.2) is 0 Å². The van der Waals surface area contributed by atoms with E-state index in [0.29, 0.717) is 0 Å². The Morgan fingerprint density at radius 2 is 2.00 bits per heavy atom. The summed E-state index contributed by atoms with van der Waals surface area (Å²) in [4.78, 5) is 11.6. The molecule has 0 aliphatic rings. The first kappa shape index (κ1) is 14.2. The average molecular weight is 298 g/mol. The maximum atomic E-state index is 11.6. The third kappa shape index (κ3) is 5.35. The Labute approximate surface area is 112 Å². The van der Waals surface area contributed by atoms with Crippen LogP contribution in [0.15, 0.2) is 30.3 Å². The number of hydrogen-bond acceptors (Lipinski definition) is 1. The van der Waals surface area contributed by atoms with E-state index in [9.17, 15) is 4.79 Å². The Kier molecular flexibility index (Phi) is 6.27. The summed E-state index contributed by atoms with van der Waals surface area (Å²) in [6.07, 6.45) is 2.79. The van der Waals surface area contributed by atoms with Crippen LogP contribution in [0.2, 0.25) is 0 Å². The van der Waals surface area contributed by atoms with Crippen molar-refractivity contribution in [1.82, 2.24) is 5.32 Å². The van der Waals surface area contributed by atoms with E-state index >= 15 is 0 Å². The molecule has 0 aliphatic carbocycles. The van der Waals surface area contributed by atoms with E-state index in [-0.39, 0.29) is 16.8 Å². The fraction of sp³-hybridized carbons (Fsp3) is 0.500. The lowest BCUT2D eigenvalue weighted by molar-refractivity contribution is -0.121. The van der Waals surface area contributed by atoms with Crippen LogP contribution in [0.5, 0.6) is 0 Å². The lowest BCUT2D eigenvalue weighted by atomic mass is 10.1. The van der Waals surface area contributed by atoms with Gasteiger partial charge in [-0.2, -0.15) is 0 Å². The largest absolute Gasteiger partial charge is 0.353 e. The molecule has 0 aromatic heterocycles. The Balaban J connectivity index is 2.30. The molecule has 0 bridgehead atoms. The van der Waals surface area contributed by atoms with E-state index in [1.54, 1.807) is 0 Å². The summed E-state index contributed by atoms with van der Waals surface area (Å²) in [7, 11) is 0. The van der Waals surface area contributed by atoms with Gasteiger partial charge in [0.25, 0.3) is 0 Å². The van der Waals surface area contributed by atoms with Crippen molar-refractivity contribution in [2.45, 2.75) is 44.0 Å². The van der Waals surface area contributed by atoms with Crippen molar-refractivity contribution in [3.8, 4) is 0 Å². The fourth-order valence-electron chi connectivity index (χ4n) is 1.62. The molecule has 0 unspecified atom stereocenters. The molecule has 17 heavy (non-hydrogen) atoms. The maximum Gasteiger partial charge on any atom is 0.233 e. The monoisotopic (exact) mass is 297 g/mol. The summed E-state index contributed by atoms with van der Waals surface area (Å²) < 4.78 is 0. The molecule has 0 saturated heterocycles. The topological polar surface area (TPSA) is 29.1 Å². The van der Waals surface area contributed by atoms with Crippen LogP contribution >= 0.6 is 15.9 Å². The summed E-state index contributed by atoms with van der Waals surface area (Å²) in [6, 6.07) is 10.6. The Morgan fingerprint density at radius 1 is 1.35 bits per heavy atom. The second kappa shape index (κ2) is 7.49. The summed E-state index contributed by atoms with van der Waals surface area (Å²) >= 11 is 3.35. The number of hydrogen-bond donors (Lipinski definition) is 1. The van der Waals surface area contributed by atoms with Crippen molar-refractivity contribution in [2.24, 2.45) is 0 Å². The molecule has 3 heteroatoms. The van der Waals surface area contributed by atoms with Gasteiger partial charge < -0.3 is 5.32 Å². The minimum absolute atomic E-state index is 0.0679. The van der Waals surface area contributed by atoms with E-state index in [2.05, 4.69) is 40.3 Å². The van der Waals surface area contributed by atoms with Gasteiger partial charge >= 0.3 is 0 Å². The third-order valence-electron chi connectivity index (χ3n) is 2.74. The SMILES string of the molecule is CC[C@H](Br)C(=O)N[C@@H](C)CCc1ccccc1. The van der Waals surface area contributed by atoms with Crippen molar-refractivity contribution in [3.63, 3.8) is 0 Å². The van der Waals surface area contributed by atoms with Crippen LogP contribution in [0.1, 0.15) is 32.3 Å². The fourth-order valence-corrected chi connectivity index (χ4v) is 1.75. The molecule has 1 N–H and O–H groups in total. The predicted octanol–water partition coefficient (Wildman–Crippen LogP) is 3.30. The van der Waals surface area contributed by atoms with Crippen LogP contribution in [-0.2, 0) is 11.2 Å². The first-order chi connectivity index (χ1) is 8.13. The molecule has 2 nitrogen and oxygen atoms in total. The Hall–Kier alpha value is -0.830. The van der Waals surface area contributed by atoms with E-state index < -0.39 is 0 Å². The maximum absolute atomic E-state index is 11.6. The molecule has 0 heterocycles. The van der Waals surface area contributed by atoms with Gasteiger partial charge in [0.1, 0.15) is 0 Å². The molecular weight excluding hydrogens is 278 g/mol. The van der Waals surface area contributed by atoms with Crippen molar-refractivity contribution in [2.75, 3.05) is 0 Å². The van der Waals surface area contributed by atoms with Crippen molar-refractivity contribution >= 4 is 21.8 Å². The minimum atomic E-state index is -0.0679. The number of rotatable bonds is 6. The summed E-state index contributed by atoms with van der Waals surface area (Å²) in [5.41, 5.74) is 1.32. The van der Waals surface area contributed by atoms with Crippen molar-refractivity contribution in [3.05, 3.63) is 35.9 Å². The van der Waals surface area contributed by atoms with Crippen LogP contribution in [0.3, 0.4) is 0 Å². The molecule has 0 spiro atoms. The van der Waals surface area contributed by atoms with Gasteiger partial charge in [0.15, 0.2) is 0 Å². The van der Waals surface area contributed by atoms with E-state index in [1.807, 2.05) is 25.1 Å². The van der Waals surface area contributed by atoms with Crippen molar-refractivity contribution < 1.29 is 4.79 Å². The standard InChI is InChI=1S/C14H20BrNO/c1-3-13(15)14(17)16-11(2)9-10-12-7-5-4-6-8-12/h4-8,11,13H,3,9-10H2,1-2H3,(H,16,17)/t11-,13-/m0/s1. The second-order valence-corrected chi connectivity index (χ2v) is 5.42. The predicted molar refractivity (Wildman–Crippen MR) is 75.4 cm³/mol. The average Bonchev–Trinajstić information content (AvgIpc) is 2.36. The zero-order valence-corrected chi connectivity index (χ0v) is 12.0.